The molecule has 2 aromatic heterocycles. The monoisotopic (exact) mass is 282 g/mol. The molecule has 6 heteroatoms. The summed E-state index contributed by atoms with van der Waals surface area (Å²) in [6, 6.07) is 3.32. The second-order valence-electron chi connectivity index (χ2n) is 3.75. The Bertz CT molecular complexity index is 480. The standard InChI is InChI=1S/C12H10O4S2/c13-11(14)9(7-1-3-17-5-7)10(12(15)16)8-2-4-18-6-8/h1-6,9-10H,(H,13,14)(H,15,16). The topological polar surface area (TPSA) is 74.6 Å². The summed E-state index contributed by atoms with van der Waals surface area (Å²) in [6.45, 7) is 0. The van der Waals surface area contributed by atoms with E-state index in [9.17, 15) is 19.8 Å². The normalized spacial score (nSPS) is 14.0. The molecule has 94 valence electrons. The quantitative estimate of drug-likeness (QED) is 0.884. The van der Waals surface area contributed by atoms with Gasteiger partial charge in [0.2, 0.25) is 0 Å². The molecule has 0 saturated carbocycles. The van der Waals surface area contributed by atoms with Gasteiger partial charge in [0.1, 0.15) is 0 Å². The summed E-state index contributed by atoms with van der Waals surface area (Å²) in [4.78, 5) is 22.8. The molecule has 0 aliphatic carbocycles. The molecule has 2 atom stereocenters. The van der Waals surface area contributed by atoms with Crippen molar-refractivity contribution in [2.75, 3.05) is 0 Å². The Balaban J connectivity index is 2.45. The fourth-order valence-electron chi connectivity index (χ4n) is 1.86. The number of carboxylic acid groups (broad SMARTS) is 2. The molecule has 2 heterocycles. The molecular weight excluding hydrogens is 272 g/mol. The van der Waals surface area contributed by atoms with Gasteiger partial charge in [0.25, 0.3) is 0 Å². The average Bonchev–Trinajstić information content (AvgIpc) is 2.97. The highest BCUT2D eigenvalue weighted by molar-refractivity contribution is 7.08. The minimum atomic E-state index is -1.12. The highest BCUT2D eigenvalue weighted by Gasteiger charge is 2.36. The van der Waals surface area contributed by atoms with Gasteiger partial charge in [-0.25, -0.2) is 0 Å². The van der Waals surface area contributed by atoms with E-state index in [0.717, 1.165) is 0 Å². The van der Waals surface area contributed by atoms with E-state index in [4.69, 9.17) is 0 Å². The molecule has 0 amide bonds. The molecule has 2 rings (SSSR count). The van der Waals surface area contributed by atoms with E-state index in [2.05, 4.69) is 0 Å². The minimum absolute atomic E-state index is 0.533. The number of carboxylic acids is 2. The minimum Gasteiger partial charge on any atom is -0.481 e. The second-order valence-corrected chi connectivity index (χ2v) is 5.31. The van der Waals surface area contributed by atoms with Crippen LogP contribution in [0.15, 0.2) is 33.7 Å². The summed E-state index contributed by atoms with van der Waals surface area (Å²) < 4.78 is 0. The molecule has 0 aromatic carbocycles. The van der Waals surface area contributed by atoms with Gasteiger partial charge < -0.3 is 10.2 Å². The van der Waals surface area contributed by atoms with Crippen LogP contribution in [0.1, 0.15) is 23.0 Å². The molecule has 2 N–H and O–H groups in total. The van der Waals surface area contributed by atoms with E-state index in [1.165, 1.54) is 22.7 Å². The molecular formula is C12H10O4S2. The zero-order valence-electron chi connectivity index (χ0n) is 9.15. The van der Waals surface area contributed by atoms with Crippen molar-refractivity contribution in [2.45, 2.75) is 11.8 Å². The number of hydrogen-bond acceptors (Lipinski definition) is 4. The lowest BCUT2D eigenvalue weighted by Crippen LogP contribution is -2.25. The first kappa shape index (κ1) is 12.8. The lowest BCUT2D eigenvalue weighted by atomic mass is 9.83. The van der Waals surface area contributed by atoms with E-state index >= 15 is 0 Å². The van der Waals surface area contributed by atoms with E-state index < -0.39 is 23.8 Å². The summed E-state index contributed by atoms with van der Waals surface area (Å²) >= 11 is 2.72. The van der Waals surface area contributed by atoms with Crippen LogP contribution in [0.4, 0.5) is 0 Å². The first-order valence-corrected chi connectivity index (χ1v) is 6.99. The summed E-state index contributed by atoms with van der Waals surface area (Å²) in [5.41, 5.74) is 1.07. The predicted octanol–water partition coefficient (Wildman–Crippen LogP) is 2.85. The Morgan fingerprint density at radius 2 is 1.28 bits per heavy atom. The number of carbonyl (C=O) groups is 2. The van der Waals surface area contributed by atoms with Gasteiger partial charge in [-0.15, -0.1) is 0 Å². The van der Waals surface area contributed by atoms with Crippen molar-refractivity contribution in [2.24, 2.45) is 0 Å². The fourth-order valence-corrected chi connectivity index (χ4v) is 3.25. The van der Waals surface area contributed by atoms with E-state index in [1.54, 1.807) is 33.7 Å². The van der Waals surface area contributed by atoms with Crippen LogP contribution in [0, 0.1) is 0 Å². The zero-order chi connectivity index (χ0) is 13.1. The number of aliphatic carboxylic acids is 2. The maximum absolute atomic E-state index is 11.4. The van der Waals surface area contributed by atoms with Crippen molar-refractivity contribution in [3.05, 3.63) is 44.8 Å². The third-order valence-corrected chi connectivity index (χ3v) is 4.07. The van der Waals surface area contributed by atoms with Crippen LogP contribution in [-0.4, -0.2) is 22.2 Å². The van der Waals surface area contributed by atoms with E-state index in [1.807, 2.05) is 0 Å². The molecule has 4 nitrogen and oxygen atoms in total. The Labute approximate surface area is 111 Å². The average molecular weight is 282 g/mol. The Kier molecular flexibility index (Phi) is 3.78. The number of rotatable bonds is 5. The Morgan fingerprint density at radius 1 is 0.889 bits per heavy atom. The van der Waals surface area contributed by atoms with Gasteiger partial charge in [-0.05, 0) is 44.8 Å². The highest BCUT2D eigenvalue weighted by atomic mass is 32.1. The van der Waals surface area contributed by atoms with Crippen molar-refractivity contribution in [3.63, 3.8) is 0 Å². The Morgan fingerprint density at radius 3 is 1.50 bits per heavy atom. The molecule has 0 aliphatic heterocycles. The van der Waals surface area contributed by atoms with Gasteiger partial charge in [0.05, 0.1) is 11.8 Å². The van der Waals surface area contributed by atoms with Gasteiger partial charge >= 0.3 is 11.9 Å². The number of thiophene rings is 2. The molecule has 18 heavy (non-hydrogen) atoms. The molecule has 0 aliphatic rings. The summed E-state index contributed by atoms with van der Waals surface area (Å²) in [5, 5.41) is 25.5. The van der Waals surface area contributed by atoms with Gasteiger partial charge in [-0.3, -0.25) is 9.59 Å². The van der Waals surface area contributed by atoms with Gasteiger partial charge in [0.15, 0.2) is 0 Å². The molecule has 0 saturated heterocycles. The molecule has 0 radical (unpaired) electrons. The van der Waals surface area contributed by atoms with E-state index in [0.29, 0.717) is 11.1 Å². The maximum atomic E-state index is 11.4. The second kappa shape index (κ2) is 5.32. The van der Waals surface area contributed by atoms with Crippen molar-refractivity contribution in [1.82, 2.24) is 0 Å². The first-order chi connectivity index (χ1) is 8.61. The summed E-state index contributed by atoms with van der Waals surface area (Å²) in [6.07, 6.45) is 0. The lowest BCUT2D eigenvalue weighted by Gasteiger charge is -2.18. The first-order valence-electron chi connectivity index (χ1n) is 5.11. The molecule has 2 unspecified atom stereocenters. The van der Waals surface area contributed by atoms with Crippen LogP contribution in [-0.2, 0) is 9.59 Å². The van der Waals surface area contributed by atoms with Crippen LogP contribution in [0.2, 0.25) is 0 Å². The third-order valence-electron chi connectivity index (χ3n) is 2.67. The summed E-state index contributed by atoms with van der Waals surface area (Å²) in [5.74, 6) is -4.34. The van der Waals surface area contributed by atoms with Crippen LogP contribution >= 0.6 is 22.7 Å². The largest absolute Gasteiger partial charge is 0.481 e. The van der Waals surface area contributed by atoms with Gasteiger partial charge in [-0.2, -0.15) is 22.7 Å². The predicted molar refractivity (Wildman–Crippen MR) is 69.4 cm³/mol. The van der Waals surface area contributed by atoms with E-state index in [-0.39, 0.29) is 0 Å². The SMILES string of the molecule is O=C(O)C(c1ccsc1)C(C(=O)O)c1ccsc1. The van der Waals surface area contributed by atoms with Crippen LogP contribution < -0.4 is 0 Å². The third kappa shape index (κ3) is 2.44. The van der Waals surface area contributed by atoms with Crippen LogP contribution in [0.5, 0.6) is 0 Å². The Hall–Kier alpha value is -1.66. The van der Waals surface area contributed by atoms with Gasteiger partial charge in [0, 0.05) is 0 Å². The van der Waals surface area contributed by atoms with Crippen molar-refractivity contribution >= 4 is 34.6 Å². The number of hydrogen-bond donors (Lipinski definition) is 2. The molecule has 2 aromatic rings. The molecule has 0 fully saturated rings. The van der Waals surface area contributed by atoms with Gasteiger partial charge in [-0.1, -0.05) is 0 Å². The van der Waals surface area contributed by atoms with Crippen LogP contribution in [0.25, 0.3) is 0 Å². The molecule has 0 spiro atoms. The fraction of sp³-hybridized carbons (Fsp3) is 0.167. The van der Waals surface area contributed by atoms with Crippen LogP contribution in [0.3, 0.4) is 0 Å². The maximum Gasteiger partial charge on any atom is 0.312 e. The van der Waals surface area contributed by atoms with Crippen molar-refractivity contribution in [3.8, 4) is 0 Å². The summed E-state index contributed by atoms with van der Waals surface area (Å²) in [7, 11) is 0. The smallest absolute Gasteiger partial charge is 0.312 e. The zero-order valence-corrected chi connectivity index (χ0v) is 10.8. The van der Waals surface area contributed by atoms with Crippen molar-refractivity contribution in [1.29, 1.82) is 0 Å². The molecule has 0 bridgehead atoms. The van der Waals surface area contributed by atoms with Crippen molar-refractivity contribution < 1.29 is 19.8 Å². The highest BCUT2D eigenvalue weighted by Crippen LogP contribution is 2.35. The lowest BCUT2D eigenvalue weighted by molar-refractivity contribution is -0.147.